The van der Waals surface area contributed by atoms with Crippen LogP contribution in [0.5, 0.6) is 0 Å². The molecule has 1 heterocycles. The first-order chi connectivity index (χ1) is 9.63. The second kappa shape index (κ2) is 5.83. The molecule has 0 spiro atoms. The van der Waals surface area contributed by atoms with Crippen LogP contribution in [-0.4, -0.2) is 32.2 Å². The maximum Gasteiger partial charge on any atom is 0.336 e. The van der Waals surface area contributed by atoms with Crippen molar-refractivity contribution in [1.29, 1.82) is 0 Å². The summed E-state index contributed by atoms with van der Waals surface area (Å²) < 4.78 is 1.29. The van der Waals surface area contributed by atoms with Crippen molar-refractivity contribution in [2.24, 2.45) is 5.10 Å². The summed E-state index contributed by atoms with van der Waals surface area (Å²) in [5.74, 6) is 5.62. The lowest BCUT2D eigenvalue weighted by Gasteiger charge is -2.01. The highest BCUT2D eigenvalue weighted by Crippen LogP contribution is 2.07. The second-order valence-electron chi connectivity index (χ2n) is 3.93. The number of nitrogens with one attached hydrogen (secondary N) is 1. The summed E-state index contributed by atoms with van der Waals surface area (Å²) in [5, 5.41) is 20.6. The van der Waals surface area contributed by atoms with Gasteiger partial charge in [-0.3, -0.25) is 0 Å². The van der Waals surface area contributed by atoms with Crippen molar-refractivity contribution in [1.82, 2.24) is 14.9 Å². The zero-order valence-corrected chi connectivity index (χ0v) is 10.8. The zero-order chi connectivity index (χ0) is 14.5. The quantitative estimate of drug-likeness (QED) is 0.419. The van der Waals surface area contributed by atoms with Crippen LogP contribution in [0.25, 0.3) is 0 Å². The molecule has 0 aliphatic carbocycles. The lowest BCUT2D eigenvalue weighted by atomic mass is 10.1. The number of aromatic nitrogens is 3. The van der Waals surface area contributed by atoms with Crippen LogP contribution in [0.1, 0.15) is 28.7 Å². The van der Waals surface area contributed by atoms with E-state index in [1.807, 2.05) is 6.92 Å². The Kier molecular flexibility index (Phi) is 3.94. The molecule has 1 aromatic carbocycles. The third-order valence-corrected chi connectivity index (χ3v) is 2.64. The van der Waals surface area contributed by atoms with Crippen LogP contribution in [0, 0.1) is 0 Å². The SMILES string of the molecule is CCc1nnc(N/N=C\c2ccccc2C(=O)O)n1N. The van der Waals surface area contributed by atoms with Crippen LogP contribution >= 0.6 is 0 Å². The summed E-state index contributed by atoms with van der Waals surface area (Å²) in [7, 11) is 0. The largest absolute Gasteiger partial charge is 0.478 e. The summed E-state index contributed by atoms with van der Waals surface area (Å²) in [6.07, 6.45) is 2.04. The molecule has 2 aromatic rings. The van der Waals surface area contributed by atoms with E-state index in [-0.39, 0.29) is 11.5 Å². The van der Waals surface area contributed by atoms with E-state index in [1.165, 1.54) is 17.0 Å². The van der Waals surface area contributed by atoms with E-state index in [0.29, 0.717) is 17.8 Å². The van der Waals surface area contributed by atoms with Gasteiger partial charge in [-0.2, -0.15) is 5.10 Å². The Bertz CT molecular complexity index is 649. The van der Waals surface area contributed by atoms with E-state index in [4.69, 9.17) is 10.9 Å². The molecule has 0 fully saturated rings. The molecule has 20 heavy (non-hydrogen) atoms. The summed E-state index contributed by atoms with van der Waals surface area (Å²) in [6.45, 7) is 1.91. The highest BCUT2D eigenvalue weighted by Gasteiger charge is 2.08. The number of hydrogen-bond donors (Lipinski definition) is 3. The minimum Gasteiger partial charge on any atom is -0.478 e. The molecule has 0 unspecified atom stereocenters. The lowest BCUT2D eigenvalue weighted by Crippen LogP contribution is -2.15. The van der Waals surface area contributed by atoms with Crippen LogP contribution < -0.4 is 11.3 Å². The molecular formula is C12H14N6O2. The standard InChI is InChI=1S/C12H14N6O2/c1-2-10-15-17-12(18(10)13)16-14-7-8-5-3-4-6-9(8)11(19)20/h3-7H,2,13H2,1H3,(H,16,17)(H,19,20)/b14-7-. The number of carboxylic acids is 1. The molecule has 0 aliphatic rings. The van der Waals surface area contributed by atoms with Gasteiger partial charge in [-0.15, -0.1) is 10.2 Å². The first-order valence-electron chi connectivity index (χ1n) is 5.94. The Hall–Kier alpha value is -2.90. The number of carbonyl (C=O) groups is 1. The molecule has 0 aliphatic heterocycles. The highest BCUT2D eigenvalue weighted by atomic mass is 16.4. The highest BCUT2D eigenvalue weighted by molar-refractivity contribution is 5.98. The van der Waals surface area contributed by atoms with Crippen molar-refractivity contribution in [2.75, 3.05) is 11.3 Å². The molecule has 0 amide bonds. The predicted octanol–water partition coefficient (Wildman–Crippen LogP) is 0.698. The number of carboxylic acid groups (broad SMARTS) is 1. The Morgan fingerprint density at radius 1 is 1.50 bits per heavy atom. The Labute approximate surface area is 114 Å². The van der Waals surface area contributed by atoms with E-state index in [0.717, 1.165) is 0 Å². The van der Waals surface area contributed by atoms with Crippen LogP contribution in [-0.2, 0) is 6.42 Å². The molecule has 0 atom stereocenters. The van der Waals surface area contributed by atoms with Crippen LogP contribution in [0.2, 0.25) is 0 Å². The molecule has 2 rings (SSSR count). The molecule has 0 bridgehead atoms. The summed E-state index contributed by atoms with van der Waals surface area (Å²) >= 11 is 0. The number of rotatable bonds is 5. The number of anilines is 1. The van der Waals surface area contributed by atoms with E-state index in [9.17, 15) is 4.79 Å². The second-order valence-corrected chi connectivity index (χ2v) is 3.93. The van der Waals surface area contributed by atoms with Gasteiger partial charge in [0, 0.05) is 12.0 Å². The number of nitrogens with two attached hydrogens (primary N) is 1. The zero-order valence-electron chi connectivity index (χ0n) is 10.8. The van der Waals surface area contributed by atoms with Gasteiger partial charge in [-0.25, -0.2) is 14.9 Å². The summed E-state index contributed by atoms with van der Waals surface area (Å²) in [6, 6.07) is 6.54. The van der Waals surface area contributed by atoms with Crippen molar-refractivity contribution in [3.8, 4) is 0 Å². The fourth-order valence-electron chi connectivity index (χ4n) is 1.60. The van der Waals surface area contributed by atoms with Crippen LogP contribution in [0.15, 0.2) is 29.4 Å². The normalized spacial score (nSPS) is 10.8. The van der Waals surface area contributed by atoms with Gasteiger partial charge in [0.05, 0.1) is 11.8 Å². The Morgan fingerprint density at radius 3 is 2.90 bits per heavy atom. The Morgan fingerprint density at radius 2 is 2.25 bits per heavy atom. The van der Waals surface area contributed by atoms with Gasteiger partial charge in [-0.1, -0.05) is 25.1 Å². The molecular weight excluding hydrogens is 260 g/mol. The van der Waals surface area contributed by atoms with Gasteiger partial charge in [0.2, 0.25) is 0 Å². The van der Waals surface area contributed by atoms with Gasteiger partial charge in [0.15, 0.2) is 5.82 Å². The van der Waals surface area contributed by atoms with E-state index in [2.05, 4.69) is 20.7 Å². The average Bonchev–Trinajstić information content (AvgIpc) is 2.80. The molecule has 0 saturated heterocycles. The van der Waals surface area contributed by atoms with Crippen LogP contribution in [0.4, 0.5) is 5.95 Å². The van der Waals surface area contributed by atoms with E-state index in [1.54, 1.807) is 18.2 Å². The third-order valence-electron chi connectivity index (χ3n) is 2.64. The minimum atomic E-state index is -1.01. The molecule has 1 aromatic heterocycles. The maximum atomic E-state index is 11.0. The fraction of sp³-hybridized carbons (Fsp3) is 0.167. The van der Waals surface area contributed by atoms with Gasteiger partial charge in [0.25, 0.3) is 5.95 Å². The van der Waals surface area contributed by atoms with Gasteiger partial charge in [-0.05, 0) is 6.07 Å². The number of nitrogens with zero attached hydrogens (tertiary/aromatic N) is 4. The predicted molar refractivity (Wildman–Crippen MR) is 74.2 cm³/mol. The van der Waals surface area contributed by atoms with Gasteiger partial charge >= 0.3 is 5.97 Å². The monoisotopic (exact) mass is 274 g/mol. The summed E-state index contributed by atoms with van der Waals surface area (Å²) in [4.78, 5) is 11.0. The van der Waals surface area contributed by atoms with Crippen molar-refractivity contribution in [2.45, 2.75) is 13.3 Å². The molecule has 8 heteroatoms. The van der Waals surface area contributed by atoms with E-state index < -0.39 is 5.97 Å². The molecule has 4 N–H and O–H groups in total. The lowest BCUT2D eigenvalue weighted by molar-refractivity contribution is 0.0697. The molecule has 0 saturated carbocycles. The van der Waals surface area contributed by atoms with Crippen molar-refractivity contribution < 1.29 is 9.90 Å². The first kappa shape index (κ1) is 13.5. The van der Waals surface area contributed by atoms with Gasteiger partial charge in [0.1, 0.15) is 0 Å². The summed E-state index contributed by atoms with van der Waals surface area (Å²) in [5.41, 5.74) is 3.27. The average molecular weight is 274 g/mol. The molecule has 8 nitrogen and oxygen atoms in total. The maximum absolute atomic E-state index is 11.0. The number of nitrogen functional groups attached to an aromatic ring is 1. The molecule has 0 radical (unpaired) electrons. The van der Waals surface area contributed by atoms with Gasteiger partial charge < -0.3 is 10.9 Å². The van der Waals surface area contributed by atoms with Crippen LogP contribution in [0.3, 0.4) is 0 Å². The number of aryl methyl sites for hydroxylation is 1. The first-order valence-corrected chi connectivity index (χ1v) is 5.94. The van der Waals surface area contributed by atoms with Crippen molar-refractivity contribution in [3.63, 3.8) is 0 Å². The smallest absolute Gasteiger partial charge is 0.336 e. The van der Waals surface area contributed by atoms with E-state index >= 15 is 0 Å². The number of hydrogen-bond acceptors (Lipinski definition) is 6. The number of hydrazone groups is 1. The topological polar surface area (TPSA) is 118 Å². The number of benzene rings is 1. The minimum absolute atomic E-state index is 0.168. The molecule has 104 valence electrons. The van der Waals surface area contributed by atoms with Crippen molar-refractivity contribution in [3.05, 3.63) is 41.2 Å². The van der Waals surface area contributed by atoms with Crippen molar-refractivity contribution >= 4 is 18.1 Å². The fourth-order valence-corrected chi connectivity index (χ4v) is 1.60. The third kappa shape index (κ3) is 2.74. The Balaban J connectivity index is 2.14. The number of aromatic carboxylic acids is 1.